The van der Waals surface area contributed by atoms with E-state index in [0.717, 1.165) is 19.4 Å². The SMILES string of the molecule is COCCC(C)(O)CNCC1CCCN1C(=O)OC(C)(C)C. The molecule has 2 N–H and O–H groups in total. The fourth-order valence-corrected chi connectivity index (χ4v) is 2.53. The van der Waals surface area contributed by atoms with Gasteiger partial charge in [0.25, 0.3) is 0 Å². The van der Waals surface area contributed by atoms with Gasteiger partial charge < -0.3 is 24.8 Å². The van der Waals surface area contributed by atoms with E-state index in [1.54, 1.807) is 18.9 Å². The maximum atomic E-state index is 12.2. The first-order chi connectivity index (χ1) is 10.1. The van der Waals surface area contributed by atoms with E-state index in [1.807, 2.05) is 20.8 Å². The quantitative estimate of drug-likeness (QED) is 0.749. The van der Waals surface area contributed by atoms with Gasteiger partial charge in [-0.2, -0.15) is 0 Å². The molecule has 0 spiro atoms. The molecule has 6 nitrogen and oxygen atoms in total. The number of likely N-dealkylation sites (tertiary alicyclic amines) is 1. The van der Waals surface area contributed by atoms with Gasteiger partial charge in [-0.05, 0) is 40.5 Å². The van der Waals surface area contributed by atoms with Crippen LogP contribution in [0.5, 0.6) is 0 Å². The summed E-state index contributed by atoms with van der Waals surface area (Å²) in [6, 6.07) is 0.132. The molecule has 0 bridgehead atoms. The van der Waals surface area contributed by atoms with Gasteiger partial charge in [0.1, 0.15) is 5.60 Å². The number of carbonyl (C=O) groups excluding carboxylic acids is 1. The summed E-state index contributed by atoms with van der Waals surface area (Å²) in [7, 11) is 1.63. The topological polar surface area (TPSA) is 71.0 Å². The van der Waals surface area contributed by atoms with Crippen molar-refractivity contribution in [2.45, 2.75) is 64.2 Å². The summed E-state index contributed by atoms with van der Waals surface area (Å²) < 4.78 is 10.4. The molecular formula is C16H32N2O4. The summed E-state index contributed by atoms with van der Waals surface area (Å²) in [6.07, 6.45) is 2.29. The first-order valence-corrected chi connectivity index (χ1v) is 8.06. The molecule has 1 heterocycles. The Morgan fingerprint density at radius 3 is 2.64 bits per heavy atom. The normalized spacial score (nSPS) is 21.7. The zero-order valence-corrected chi connectivity index (χ0v) is 14.6. The van der Waals surface area contributed by atoms with Crippen LogP contribution in [0.15, 0.2) is 0 Å². The number of hydrogen-bond acceptors (Lipinski definition) is 5. The van der Waals surface area contributed by atoms with Crippen molar-refractivity contribution in [1.29, 1.82) is 0 Å². The first kappa shape index (κ1) is 19.2. The van der Waals surface area contributed by atoms with Crippen LogP contribution in [0.25, 0.3) is 0 Å². The maximum Gasteiger partial charge on any atom is 0.410 e. The van der Waals surface area contributed by atoms with Crippen LogP contribution in [-0.2, 0) is 9.47 Å². The number of nitrogens with zero attached hydrogens (tertiary/aromatic N) is 1. The molecule has 22 heavy (non-hydrogen) atoms. The lowest BCUT2D eigenvalue weighted by atomic mass is 10.0. The van der Waals surface area contributed by atoms with Gasteiger partial charge in [0.15, 0.2) is 0 Å². The summed E-state index contributed by atoms with van der Waals surface area (Å²) in [5, 5.41) is 13.5. The van der Waals surface area contributed by atoms with Gasteiger partial charge in [0.2, 0.25) is 0 Å². The van der Waals surface area contributed by atoms with Crippen molar-refractivity contribution in [3.8, 4) is 0 Å². The van der Waals surface area contributed by atoms with Crippen LogP contribution in [0, 0.1) is 0 Å². The average Bonchev–Trinajstić information content (AvgIpc) is 2.83. The molecule has 1 saturated heterocycles. The molecule has 1 aliphatic heterocycles. The second-order valence-electron chi connectivity index (χ2n) is 7.34. The van der Waals surface area contributed by atoms with Crippen LogP contribution in [-0.4, -0.2) is 66.7 Å². The molecule has 0 aromatic heterocycles. The summed E-state index contributed by atoms with van der Waals surface area (Å²) in [5.74, 6) is 0. The first-order valence-electron chi connectivity index (χ1n) is 8.06. The summed E-state index contributed by atoms with van der Waals surface area (Å²) >= 11 is 0. The Kier molecular flexibility index (Phi) is 7.09. The fraction of sp³-hybridized carbons (Fsp3) is 0.938. The summed E-state index contributed by atoms with van der Waals surface area (Å²) in [5.41, 5.74) is -1.27. The molecule has 0 aromatic carbocycles. The third kappa shape index (κ3) is 6.94. The van der Waals surface area contributed by atoms with Gasteiger partial charge >= 0.3 is 6.09 Å². The number of rotatable bonds is 7. The smallest absolute Gasteiger partial charge is 0.410 e. The number of ether oxygens (including phenoxy) is 2. The third-order valence-electron chi connectivity index (χ3n) is 3.74. The van der Waals surface area contributed by atoms with Crippen LogP contribution in [0.4, 0.5) is 4.79 Å². The highest BCUT2D eigenvalue weighted by Crippen LogP contribution is 2.20. The van der Waals surface area contributed by atoms with Gasteiger partial charge in [-0.1, -0.05) is 0 Å². The molecule has 6 heteroatoms. The van der Waals surface area contributed by atoms with Crippen molar-refractivity contribution in [2.75, 3.05) is 33.4 Å². The number of aliphatic hydroxyl groups is 1. The molecule has 1 aliphatic rings. The van der Waals surface area contributed by atoms with Crippen LogP contribution >= 0.6 is 0 Å². The lowest BCUT2D eigenvalue weighted by molar-refractivity contribution is 0.0178. The zero-order chi connectivity index (χ0) is 16.8. The molecule has 0 aromatic rings. The Labute approximate surface area is 134 Å². The number of amides is 1. The average molecular weight is 316 g/mol. The molecule has 1 amide bonds. The van der Waals surface area contributed by atoms with E-state index in [2.05, 4.69) is 5.32 Å². The summed E-state index contributed by atoms with van der Waals surface area (Å²) in [6.45, 7) is 9.84. The Morgan fingerprint density at radius 2 is 2.05 bits per heavy atom. The number of nitrogens with one attached hydrogen (secondary N) is 1. The van der Waals surface area contributed by atoms with Crippen LogP contribution in [0.2, 0.25) is 0 Å². The molecule has 0 saturated carbocycles. The largest absolute Gasteiger partial charge is 0.444 e. The number of carbonyl (C=O) groups is 1. The minimum atomic E-state index is -0.800. The molecule has 1 fully saturated rings. The molecule has 2 unspecified atom stereocenters. The summed E-state index contributed by atoms with van der Waals surface area (Å²) in [4.78, 5) is 14.0. The second kappa shape index (κ2) is 8.13. The monoisotopic (exact) mass is 316 g/mol. The Balaban J connectivity index is 2.40. The van der Waals surface area contributed by atoms with Gasteiger partial charge in [-0.25, -0.2) is 4.79 Å². The van der Waals surface area contributed by atoms with Crippen molar-refractivity contribution < 1.29 is 19.4 Å². The Hall–Kier alpha value is -0.850. The fourth-order valence-electron chi connectivity index (χ4n) is 2.53. The zero-order valence-electron chi connectivity index (χ0n) is 14.6. The minimum Gasteiger partial charge on any atom is -0.444 e. The lowest BCUT2D eigenvalue weighted by Gasteiger charge is -2.30. The molecule has 0 aliphatic carbocycles. The van der Waals surface area contributed by atoms with E-state index >= 15 is 0 Å². The molecular weight excluding hydrogens is 284 g/mol. The van der Waals surface area contributed by atoms with E-state index in [0.29, 0.717) is 26.1 Å². The van der Waals surface area contributed by atoms with E-state index in [-0.39, 0.29) is 12.1 Å². The molecule has 0 radical (unpaired) electrons. The molecule has 2 atom stereocenters. The molecule has 1 rings (SSSR count). The van der Waals surface area contributed by atoms with Gasteiger partial charge in [0, 0.05) is 45.8 Å². The standard InChI is InChI=1S/C16H32N2O4/c1-15(2,3)22-14(19)18-9-6-7-13(18)11-17-12-16(4,20)8-10-21-5/h13,17,20H,6-12H2,1-5H3. The van der Waals surface area contributed by atoms with Crippen molar-refractivity contribution >= 4 is 6.09 Å². The van der Waals surface area contributed by atoms with Gasteiger partial charge in [-0.15, -0.1) is 0 Å². The van der Waals surface area contributed by atoms with Gasteiger partial charge in [0.05, 0.1) is 5.60 Å². The van der Waals surface area contributed by atoms with Gasteiger partial charge in [-0.3, -0.25) is 0 Å². The second-order valence-corrected chi connectivity index (χ2v) is 7.34. The Bertz CT molecular complexity index is 353. The molecule has 130 valence electrons. The van der Waals surface area contributed by atoms with E-state index in [4.69, 9.17) is 9.47 Å². The van der Waals surface area contributed by atoms with Crippen LogP contribution in [0.3, 0.4) is 0 Å². The third-order valence-corrected chi connectivity index (χ3v) is 3.74. The van der Waals surface area contributed by atoms with E-state index in [9.17, 15) is 9.90 Å². The van der Waals surface area contributed by atoms with E-state index in [1.165, 1.54) is 0 Å². The Morgan fingerprint density at radius 1 is 1.36 bits per heavy atom. The predicted molar refractivity (Wildman–Crippen MR) is 85.9 cm³/mol. The predicted octanol–water partition coefficient (Wildman–Crippen LogP) is 1.76. The highest BCUT2D eigenvalue weighted by molar-refractivity contribution is 5.69. The number of methoxy groups -OCH3 is 1. The maximum absolute atomic E-state index is 12.2. The lowest BCUT2D eigenvalue weighted by Crippen LogP contribution is -2.47. The van der Waals surface area contributed by atoms with Crippen molar-refractivity contribution in [2.24, 2.45) is 0 Å². The van der Waals surface area contributed by atoms with Crippen molar-refractivity contribution in [3.05, 3.63) is 0 Å². The van der Waals surface area contributed by atoms with Crippen molar-refractivity contribution in [1.82, 2.24) is 10.2 Å². The highest BCUT2D eigenvalue weighted by Gasteiger charge is 2.32. The highest BCUT2D eigenvalue weighted by atomic mass is 16.6. The van der Waals surface area contributed by atoms with Crippen LogP contribution < -0.4 is 5.32 Å². The number of hydrogen-bond donors (Lipinski definition) is 2. The van der Waals surface area contributed by atoms with Crippen LogP contribution in [0.1, 0.15) is 47.0 Å². The minimum absolute atomic E-state index is 0.132. The van der Waals surface area contributed by atoms with Crippen molar-refractivity contribution in [3.63, 3.8) is 0 Å². The van der Waals surface area contributed by atoms with E-state index < -0.39 is 11.2 Å².